The number of hydrogen-bond acceptors (Lipinski definition) is 4. The third kappa shape index (κ3) is 3.96. The van der Waals surface area contributed by atoms with Crippen molar-refractivity contribution in [3.63, 3.8) is 0 Å². The van der Waals surface area contributed by atoms with Gasteiger partial charge in [0.15, 0.2) is 0 Å². The second-order valence-electron chi connectivity index (χ2n) is 6.61. The Balaban J connectivity index is 1.57. The molecule has 1 saturated carbocycles. The van der Waals surface area contributed by atoms with Crippen molar-refractivity contribution in [2.24, 2.45) is 5.73 Å². The molecule has 0 unspecified atom stereocenters. The summed E-state index contributed by atoms with van der Waals surface area (Å²) in [5.41, 5.74) is 5.80. The number of aromatic nitrogens is 1. The fourth-order valence-corrected chi connectivity index (χ4v) is 3.55. The van der Waals surface area contributed by atoms with Crippen LogP contribution in [0.25, 0.3) is 0 Å². The first-order valence-corrected chi connectivity index (χ1v) is 8.70. The summed E-state index contributed by atoms with van der Waals surface area (Å²) < 4.78 is 0. The molecule has 1 saturated heterocycles. The molecule has 1 aromatic rings. The number of likely N-dealkylation sites (tertiary alicyclic amines) is 1. The maximum absolute atomic E-state index is 12.2. The summed E-state index contributed by atoms with van der Waals surface area (Å²) in [5, 5.41) is 6.48. The molecule has 24 heavy (non-hydrogen) atoms. The zero-order chi connectivity index (χ0) is 16.9. The average molecular weight is 331 g/mol. The van der Waals surface area contributed by atoms with Gasteiger partial charge in [-0.15, -0.1) is 0 Å². The van der Waals surface area contributed by atoms with Crippen LogP contribution in [0.4, 0.5) is 10.6 Å². The van der Waals surface area contributed by atoms with Gasteiger partial charge < -0.3 is 21.3 Å². The molecule has 4 N–H and O–H groups in total. The number of anilines is 1. The van der Waals surface area contributed by atoms with Crippen LogP contribution in [0.3, 0.4) is 0 Å². The number of hydrogen-bond donors (Lipinski definition) is 3. The minimum absolute atomic E-state index is 0.0498. The summed E-state index contributed by atoms with van der Waals surface area (Å²) in [5.74, 6) is 0.0433. The third-order valence-electron chi connectivity index (χ3n) is 4.81. The molecule has 7 heteroatoms. The zero-order valence-corrected chi connectivity index (χ0v) is 13.8. The van der Waals surface area contributed by atoms with Crippen molar-refractivity contribution in [3.8, 4) is 0 Å². The van der Waals surface area contributed by atoms with E-state index in [1.54, 1.807) is 18.3 Å². The Labute approximate surface area is 142 Å². The Morgan fingerprint density at radius 3 is 2.67 bits per heavy atom. The number of nitrogens with zero attached hydrogens (tertiary/aromatic N) is 2. The number of urea groups is 1. The molecule has 3 rings (SSSR count). The lowest BCUT2D eigenvalue weighted by Crippen LogP contribution is -2.47. The number of nitrogens with one attached hydrogen (secondary N) is 2. The first-order chi connectivity index (χ1) is 11.6. The molecule has 0 spiro atoms. The molecule has 1 aliphatic carbocycles. The first-order valence-electron chi connectivity index (χ1n) is 8.70. The largest absolute Gasteiger partial charge is 0.367 e. The average Bonchev–Trinajstić information content (AvgIpc) is 3.10. The van der Waals surface area contributed by atoms with Gasteiger partial charge in [0.1, 0.15) is 5.82 Å². The van der Waals surface area contributed by atoms with Gasteiger partial charge in [0.05, 0.1) is 5.56 Å². The topological polar surface area (TPSA) is 100 Å². The predicted molar refractivity (Wildman–Crippen MR) is 91.8 cm³/mol. The second-order valence-corrected chi connectivity index (χ2v) is 6.61. The second kappa shape index (κ2) is 7.51. The molecule has 7 nitrogen and oxygen atoms in total. The van der Waals surface area contributed by atoms with Crippen LogP contribution in [0.15, 0.2) is 18.3 Å². The van der Waals surface area contributed by atoms with E-state index in [0.717, 1.165) is 51.6 Å². The van der Waals surface area contributed by atoms with E-state index in [2.05, 4.69) is 15.6 Å². The van der Waals surface area contributed by atoms with Crippen LogP contribution in [0.2, 0.25) is 0 Å². The van der Waals surface area contributed by atoms with Crippen LogP contribution in [-0.2, 0) is 0 Å². The molecule has 1 aliphatic heterocycles. The maximum Gasteiger partial charge on any atom is 0.317 e. The highest BCUT2D eigenvalue weighted by atomic mass is 16.2. The number of carbonyl (C=O) groups excluding carboxylic acids is 2. The molecule has 0 radical (unpaired) electrons. The SMILES string of the molecule is NC(=O)c1cccnc1N[C@H]1CCC[C@@H](NC(=O)N2CCCC2)C1. The van der Waals surface area contributed by atoms with Gasteiger partial charge >= 0.3 is 6.03 Å². The number of primary amides is 1. The molecule has 1 aromatic heterocycles. The van der Waals surface area contributed by atoms with E-state index in [4.69, 9.17) is 5.73 Å². The summed E-state index contributed by atoms with van der Waals surface area (Å²) >= 11 is 0. The van der Waals surface area contributed by atoms with Crippen molar-refractivity contribution in [1.29, 1.82) is 0 Å². The minimum atomic E-state index is -0.486. The van der Waals surface area contributed by atoms with Crippen molar-refractivity contribution < 1.29 is 9.59 Å². The van der Waals surface area contributed by atoms with Crippen molar-refractivity contribution >= 4 is 17.8 Å². The Morgan fingerprint density at radius 2 is 1.92 bits per heavy atom. The van der Waals surface area contributed by atoms with Crippen LogP contribution >= 0.6 is 0 Å². The lowest BCUT2D eigenvalue weighted by atomic mass is 9.91. The van der Waals surface area contributed by atoms with E-state index in [1.807, 2.05) is 4.90 Å². The van der Waals surface area contributed by atoms with Gasteiger partial charge in [0, 0.05) is 31.4 Å². The van der Waals surface area contributed by atoms with Crippen molar-refractivity contribution in [2.75, 3.05) is 18.4 Å². The van der Waals surface area contributed by atoms with E-state index in [-0.39, 0.29) is 18.1 Å². The molecule has 2 heterocycles. The molecule has 130 valence electrons. The van der Waals surface area contributed by atoms with Crippen LogP contribution < -0.4 is 16.4 Å². The number of rotatable bonds is 4. The number of carbonyl (C=O) groups is 2. The quantitative estimate of drug-likeness (QED) is 0.782. The van der Waals surface area contributed by atoms with Gasteiger partial charge in [-0.3, -0.25) is 4.79 Å². The van der Waals surface area contributed by atoms with E-state index >= 15 is 0 Å². The standard InChI is InChI=1S/C17H25N5O2/c18-15(23)14-7-4-8-19-16(14)20-12-5-3-6-13(11-12)21-17(24)22-9-1-2-10-22/h4,7-8,12-13H,1-3,5-6,9-11H2,(H2,18,23)(H,19,20)(H,21,24)/t12-,13+/m0/s1. The van der Waals surface area contributed by atoms with E-state index < -0.39 is 5.91 Å². The summed E-state index contributed by atoms with van der Waals surface area (Å²) in [6.07, 6.45) is 7.67. The fourth-order valence-electron chi connectivity index (χ4n) is 3.55. The van der Waals surface area contributed by atoms with Crippen LogP contribution in [0.5, 0.6) is 0 Å². The molecule has 2 aliphatic rings. The smallest absolute Gasteiger partial charge is 0.317 e. The van der Waals surface area contributed by atoms with E-state index in [9.17, 15) is 9.59 Å². The van der Waals surface area contributed by atoms with Gasteiger partial charge in [-0.05, 0) is 50.7 Å². The van der Waals surface area contributed by atoms with Gasteiger partial charge in [-0.25, -0.2) is 9.78 Å². The molecule has 2 fully saturated rings. The summed E-state index contributed by atoms with van der Waals surface area (Å²) in [7, 11) is 0. The highest BCUT2D eigenvalue weighted by molar-refractivity contribution is 5.97. The van der Waals surface area contributed by atoms with E-state index in [0.29, 0.717) is 11.4 Å². The summed E-state index contributed by atoms with van der Waals surface area (Å²) in [4.78, 5) is 29.9. The normalized spacial score (nSPS) is 23.8. The monoisotopic (exact) mass is 331 g/mol. The number of amides is 3. The van der Waals surface area contributed by atoms with Gasteiger partial charge in [-0.1, -0.05) is 0 Å². The van der Waals surface area contributed by atoms with Crippen LogP contribution in [-0.4, -0.2) is 47.0 Å². The van der Waals surface area contributed by atoms with Crippen LogP contribution in [0, 0.1) is 0 Å². The molecular formula is C17H25N5O2. The molecule has 3 amide bonds. The van der Waals surface area contributed by atoms with E-state index in [1.165, 1.54) is 0 Å². The van der Waals surface area contributed by atoms with Crippen LogP contribution in [0.1, 0.15) is 48.9 Å². The lowest BCUT2D eigenvalue weighted by Gasteiger charge is -2.32. The Kier molecular flexibility index (Phi) is 5.17. The number of pyridine rings is 1. The number of nitrogens with two attached hydrogens (primary N) is 1. The molecule has 0 aromatic carbocycles. The maximum atomic E-state index is 12.2. The Hall–Kier alpha value is -2.31. The summed E-state index contributed by atoms with van der Waals surface area (Å²) in [6, 6.07) is 3.76. The Morgan fingerprint density at radius 1 is 1.17 bits per heavy atom. The highest BCUT2D eigenvalue weighted by Gasteiger charge is 2.26. The minimum Gasteiger partial charge on any atom is -0.367 e. The molecular weight excluding hydrogens is 306 g/mol. The van der Waals surface area contributed by atoms with Crippen molar-refractivity contribution in [1.82, 2.24) is 15.2 Å². The summed E-state index contributed by atoms with van der Waals surface area (Å²) in [6.45, 7) is 1.71. The fraction of sp³-hybridized carbons (Fsp3) is 0.588. The predicted octanol–water partition coefficient (Wildman–Crippen LogP) is 1.71. The zero-order valence-electron chi connectivity index (χ0n) is 13.8. The van der Waals surface area contributed by atoms with Gasteiger partial charge in [0.25, 0.3) is 5.91 Å². The Bertz CT molecular complexity index is 600. The first kappa shape index (κ1) is 16.5. The lowest BCUT2D eigenvalue weighted by molar-refractivity contribution is 0.100. The van der Waals surface area contributed by atoms with Crippen molar-refractivity contribution in [2.45, 2.75) is 50.6 Å². The van der Waals surface area contributed by atoms with Gasteiger partial charge in [-0.2, -0.15) is 0 Å². The molecule has 2 atom stereocenters. The molecule has 0 bridgehead atoms. The van der Waals surface area contributed by atoms with Crippen molar-refractivity contribution in [3.05, 3.63) is 23.9 Å². The third-order valence-corrected chi connectivity index (χ3v) is 4.81. The highest BCUT2D eigenvalue weighted by Crippen LogP contribution is 2.23. The van der Waals surface area contributed by atoms with Gasteiger partial charge in [0.2, 0.25) is 0 Å².